The maximum Gasteiger partial charge on any atom is 0.227 e. The van der Waals surface area contributed by atoms with Gasteiger partial charge in [-0.3, -0.25) is 4.98 Å². The lowest BCUT2D eigenvalue weighted by molar-refractivity contribution is 0.274. The van der Waals surface area contributed by atoms with Crippen LogP contribution in [0.3, 0.4) is 0 Å². The van der Waals surface area contributed by atoms with Crippen molar-refractivity contribution in [3.63, 3.8) is 0 Å². The maximum atomic E-state index is 5.90. The largest absolute Gasteiger partial charge is 0.495 e. The highest BCUT2D eigenvalue weighted by Gasteiger charge is 2.21. The highest BCUT2D eigenvalue weighted by Crippen LogP contribution is 2.41. The number of aryl methyl sites for hydroxylation is 2. The van der Waals surface area contributed by atoms with E-state index in [0.29, 0.717) is 35.6 Å². The number of rotatable bonds is 10. The highest BCUT2D eigenvalue weighted by molar-refractivity contribution is 5.71. The molecule has 4 rings (SSSR count). The topological polar surface area (TPSA) is 99.7 Å². The summed E-state index contributed by atoms with van der Waals surface area (Å²) in [5.74, 6) is 2.85. The highest BCUT2D eigenvalue weighted by atomic mass is 16.5. The number of hydrogen-bond donors (Lipinski definition) is 2. The maximum absolute atomic E-state index is 5.90. The molecule has 3 aromatic rings. The van der Waals surface area contributed by atoms with E-state index in [4.69, 9.17) is 23.9 Å². The van der Waals surface area contributed by atoms with Gasteiger partial charge in [0.15, 0.2) is 11.5 Å². The van der Waals surface area contributed by atoms with Crippen molar-refractivity contribution < 1.29 is 18.9 Å². The molecule has 0 bridgehead atoms. The third kappa shape index (κ3) is 4.93. The molecule has 0 radical (unpaired) electrons. The second-order valence-corrected chi connectivity index (χ2v) is 7.47. The minimum atomic E-state index is 0.467. The molecule has 0 saturated carbocycles. The summed E-state index contributed by atoms with van der Waals surface area (Å²) in [6.45, 7) is 4.16. The van der Waals surface area contributed by atoms with E-state index in [2.05, 4.69) is 27.5 Å². The molecule has 0 spiro atoms. The zero-order chi connectivity index (χ0) is 23.2. The van der Waals surface area contributed by atoms with Gasteiger partial charge in [-0.25, -0.2) is 9.97 Å². The van der Waals surface area contributed by atoms with Crippen LogP contribution in [0.1, 0.15) is 18.2 Å². The minimum absolute atomic E-state index is 0.467. The number of ether oxygens (including phenoxy) is 4. The molecule has 174 valence electrons. The van der Waals surface area contributed by atoms with Crippen molar-refractivity contribution in [1.29, 1.82) is 0 Å². The molecule has 0 unspecified atom stereocenters. The number of anilines is 2. The summed E-state index contributed by atoms with van der Waals surface area (Å²) in [5, 5.41) is 6.49. The lowest BCUT2D eigenvalue weighted by Gasteiger charge is -2.19. The van der Waals surface area contributed by atoms with Gasteiger partial charge in [0.1, 0.15) is 12.4 Å². The van der Waals surface area contributed by atoms with Crippen molar-refractivity contribution in [1.82, 2.24) is 20.3 Å². The van der Waals surface area contributed by atoms with E-state index in [1.807, 2.05) is 24.4 Å². The molecule has 33 heavy (non-hydrogen) atoms. The molecule has 0 atom stereocenters. The number of nitrogens with zero attached hydrogens (tertiary/aromatic N) is 3. The number of nitrogens with one attached hydrogen (secondary N) is 2. The Balaban J connectivity index is 1.62. The summed E-state index contributed by atoms with van der Waals surface area (Å²) in [4.78, 5) is 13.8. The van der Waals surface area contributed by atoms with Crippen molar-refractivity contribution in [2.24, 2.45) is 0 Å². The Kier molecular flexibility index (Phi) is 7.09. The zero-order valence-corrected chi connectivity index (χ0v) is 19.4. The van der Waals surface area contributed by atoms with Crippen LogP contribution in [-0.2, 0) is 12.8 Å². The molecule has 1 aliphatic carbocycles. The molecule has 2 heterocycles. The van der Waals surface area contributed by atoms with Crippen molar-refractivity contribution in [3.8, 4) is 34.3 Å². The quantitative estimate of drug-likeness (QED) is 0.449. The van der Waals surface area contributed by atoms with Gasteiger partial charge in [-0.15, -0.1) is 0 Å². The minimum Gasteiger partial charge on any atom is -0.495 e. The number of methoxy groups -OCH3 is 3. The van der Waals surface area contributed by atoms with Crippen LogP contribution in [-0.4, -0.2) is 56.0 Å². The molecule has 1 aromatic carbocycles. The molecule has 1 aliphatic rings. The number of fused-ring (bicyclic) bond motifs is 3. The summed E-state index contributed by atoms with van der Waals surface area (Å²) in [6, 6.07) is 5.65. The Morgan fingerprint density at radius 1 is 0.939 bits per heavy atom. The second kappa shape index (κ2) is 10.4. The van der Waals surface area contributed by atoms with Crippen LogP contribution < -0.4 is 29.6 Å². The monoisotopic (exact) mass is 451 g/mol. The summed E-state index contributed by atoms with van der Waals surface area (Å²) in [6.07, 6.45) is 5.30. The fourth-order valence-electron chi connectivity index (χ4n) is 3.75. The van der Waals surface area contributed by atoms with Crippen LogP contribution in [0, 0.1) is 0 Å². The summed E-state index contributed by atoms with van der Waals surface area (Å²) < 4.78 is 22.4. The van der Waals surface area contributed by atoms with Crippen LogP contribution in [0.4, 0.5) is 11.6 Å². The van der Waals surface area contributed by atoms with Crippen LogP contribution in [0.15, 0.2) is 30.6 Å². The van der Waals surface area contributed by atoms with E-state index in [0.717, 1.165) is 54.1 Å². The molecule has 0 aliphatic heterocycles. The summed E-state index contributed by atoms with van der Waals surface area (Å²) in [5.41, 5.74) is 4.66. The first-order valence-electron chi connectivity index (χ1n) is 10.9. The standard InChI is InChI=1S/C24H29N5O4/c1-5-25-8-9-33-23-20(31-3)10-16(11-21(23)32-4)28-24-27-13-15-6-7-19-18(22(15)29-24)12-17(30-2)14-26-19/h10-14,25H,5-9H2,1-4H3,(H,27,28,29). The Labute approximate surface area is 193 Å². The zero-order valence-electron chi connectivity index (χ0n) is 19.4. The van der Waals surface area contributed by atoms with E-state index >= 15 is 0 Å². The smallest absolute Gasteiger partial charge is 0.227 e. The Hall–Kier alpha value is -3.59. The SMILES string of the molecule is CCNCCOc1c(OC)cc(Nc2ncc3c(n2)-c2cc(OC)cnc2CC3)cc1OC. The molecule has 2 N–H and O–H groups in total. The Morgan fingerprint density at radius 3 is 2.42 bits per heavy atom. The molecular weight excluding hydrogens is 422 g/mol. The van der Waals surface area contributed by atoms with E-state index in [1.165, 1.54) is 0 Å². The molecular formula is C24H29N5O4. The van der Waals surface area contributed by atoms with E-state index < -0.39 is 0 Å². The third-order valence-corrected chi connectivity index (χ3v) is 5.42. The van der Waals surface area contributed by atoms with Gasteiger partial charge in [-0.05, 0) is 31.0 Å². The Morgan fingerprint density at radius 2 is 1.73 bits per heavy atom. The normalized spacial score (nSPS) is 11.9. The third-order valence-electron chi connectivity index (χ3n) is 5.42. The first kappa shape index (κ1) is 22.6. The van der Waals surface area contributed by atoms with Crippen LogP contribution in [0.2, 0.25) is 0 Å². The summed E-state index contributed by atoms with van der Waals surface area (Å²) in [7, 11) is 4.83. The van der Waals surface area contributed by atoms with Crippen molar-refractivity contribution in [2.45, 2.75) is 19.8 Å². The fraction of sp³-hybridized carbons (Fsp3) is 0.375. The molecule has 9 heteroatoms. The number of aromatic nitrogens is 3. The van der Waals surface area contributed by atoms with Crippen LogP contribution in [0.5, 0.6) is 23.0 Å². The van der Waals surface area contributed by atoms with E-state index in [9.17, 15) is 0 Å². The number of pyridine rings is 1. The lowest BCUT2D eigenvalue weighted by atomic mass is 9.93. The first-order chi connectivity index (χ1) is 16.2. The van der Waals surface area contributed by atoms with Gasteiger partial charge >= 0.3 is 0 Å². The van der Waals surface area contributed by atoms with Gasteiger partial charge in [0.2, 0.25) is 11.7 Å². The average Bonchev–Trinajstić information content (AvgIpc) is 2.86. The molecule has 0 fully saturated rings. The van der Waals surface area contributed by atoms with Gasteiger partial charge in [0.05, 0.1) is 38.9 Å². The predicted octanol–water partition coefficient (Wildman–Crippen LogP) is 3.39. The molecule has 0 amide bonds. The van der Waals surface area contributed by atoms with Crippen LogP contribution in [0.25, 0.3) is 11.3 Å². The van der Waals surface area contributed by atoms with E-state index in [1.54, 1.807) is 27.5 Å². The number of benzene rings is 1. The van der Waals surface area contributed by atoms with Gasteiger partial charge in [0, 0.05) is 36.1 Å². The average molecular weight is 452 g/mol. The molecule has 0 saturated heterocycles. The van der Waals surface area contributed by atoms with Crippen molar-refractivity contribution in [3.05, 3.63) is 41.9 Å². The van der Waals surface area contributed by atoms with Gasteiger partial charge < -0.3 is 29.6 Å². The fourth-order valence-corrected chi connectivity index (χ4v) is 3.75. The van der Waals surface area contributed by atoms with E-state index in [-0.39, 0.29) is 0 Å². The van der Waals surface area contributed by atoms with Crippen LogP contribution >= 0.6 is 0 Å². The van der Waals surface area contributed by atoms with Gasteiger partial charge in [0.25, 0.3) is 0 Å². The van der Waals surface area contributed by atoms with Crippen molar-refractivity contribution >= 4 is 11.6 Å². The van der Waals surface area contributed by atoms with Gasteiger partial charge in [-0.2, -0.15) is 0 Å². The number of likely N-dealkylation sites (N-methyl/N-ethyl adjacent to an activating group) is 1. The molecule has 9 nitrogen and oxygen atoms in total. The first-order valence-corrected chi connectivity index (χ1v) is 10.9. The predicted molar refractivity (Wildman–Crippen MR) is 126 cm³/mol. The summed E-state index contributed by atoms with van der Waals surface area (Å²) >= 11 is 0. The van der Waals surface area contributed by atoms with Crippen molar-refractivity contribution in [2.75, 3.05) is 46.3 Å². The lowest BCUT2D eigenvalue weighted by Crippen LogP contribution is -2.20. The Bertz CT molecular complexity index is 1100. The number of hydrogen-bond acceptors (Lipinski definition) is 9. The van der Waals surface area contributed by atoms with Gasteiger partial charge in [-0.1, -0.05) is 6.92 Å². The second-order valence-electron chi connectivity index (χ2n) is 7.47. The molecule has 2 aromatic heterocycles.